The van der Waals surface area contributed by atoms with Gasteiger partial charge in [-0.05, 0) is 30.3 Å². The van der Waals surface area contributed by atoms with Crippen molar-refractivity contribution in [1.29, 1.82) is 0 Å². The van der Waals surface area contributed by atoms with E-state index in [-0.39, 0.29) is 11.7 Å². The third-order valence-electron chi connectivity index (χ3n) is 4.33. The van der Waals surface area contributed by atoms with E-state index in [1.54, 1.807) is 30.3 Å². The van der Waals surface area contributed by atoms with Gasteiger partial charge >= 0.3 is 0 Å². The van der Waals surface area contributed by atoms with Crippen molar-refractivity contribution in [3.05, 3.63) is 65.2 Å². The molecule has 7 nitrogen and oxygen atoms in total. The zero-order chi connectivity index (χ0) is 21.1. The Balaban J connectivity index is 1.79. The summed E-state index contributed by atoms with van der Waals surface area (Å²) in [6.45, 7) is 3.70. The number of rotatable bonds is 6. The molecule has 1 N–H and O–H groups in total. The van der Waals surface area contributed by atoms with Gasteiger partial charge in [0.05, 0.1) is 12.7 Å². The molecule has 1 aromatic heterocycles. The quantitative estimate of drug-likeness (QED) is 0.308. The summed E-state index contributed by atoms with van der Waals surface area (Å²) in [7, 11) is 1.52. The maximum atomic E-state index is 13.3. The summed E-state index contributed by atoms with van der Waals surface area (Å²) < 4.78 is 12.2. The van der Waals surface area contributed by atoms with Crippen molar-refractivity contribution in [2.24, 2.45) is 0 Å². The minimum Gasteiger partial charge on any atom is -0.496 e. The van der Waals surface area contributed by atoms with Gasteiger partial charge in [0.2, 0.25) is 23.0 Å². The number of carbonyl (C=O) groups excluding carboxylic acids is 1. The Hall–Kier alpha value is -2.91. The number of anilines is 1. The smallest absolute Gasteiger partial charge is 0.247 e. The van der Waals surface area contributed by atoms with Crippen molar-refractivity contribution < 1.29 is 14.3 Å². The van der Waals surface area contributed by atoms with Crippen molar-refractivity contribution in [3.63, 3.8) is 0 Å². The molecule has 1 atom stereocenters. The standard InChI is InChI=1S/C21H17BrN4O3S/c1-3-10-30-21-24-19-17(25-26-21)14-11-12(22)8-9-15(14)23-20(29-19)18(27)13-6-4-5-7-16(13)28-2/h3-9,11,20,23H,1,10H2,2H3. The Morgan fingerprint density at radius 2 is 2.17 bits per heavy atom. The van der Waals surface area contributed by atoms with E-state index >= 15 is 0 Å². The molecule has 1 unspecified atom stereocenters. The predicted octanol–water partition coefficient (Wildman–Crippen LogP) is 4.60. The fourth-order valence-corrected chi connectivity index (χ4v) is 3.85. The number of halogens is 1. The van der Waals surface area contributed by atoms with Gasteiger partial charge in [-0.2, -0.15) is 4.98 Å². The summed E-state index contributed by atoms with van der Waals surface area (Å²) >= 11 is 4.86. The number of hydrogen-bond donors (Lipinski definition) is 1. The highest BCUT2D eigenvalue weighted by Gasteiger charge is 2.31. The number of aromatic nitrogens is 3. The van der Waals surface area contributed by atoms with Crippen LogP contribution in [-0.4, -0.2) is 40.1 Å². The first kappa shape index (κ1) is 20.4. The van der Waals surface area contributed by atoms with Crippen molar-refractivity contribution >= 4 is 39.2 Å². The van der Waals surface area contributed by atoms with E-state index in [1.165, 1.54) is 18.9 Å². The lowest BCUT2D eigenvalue weighted by atomic mass is 10.1. The fourth-order valence-electron chi connectivity index (χ4n) is 2.97. The molecule has 1 aliphatic rings. The van der Waals surface area contributed by atoms with Crippen LogP contribution in [0.2, 0.25) is 0 Å². The number of Topliss-reactive ketones (excluding diaryl/α,β-unsaturated/α-hetero) is 1. The van der Waals surface area contributed by atoms with Gasteiger partial charge in [0.25, 0.3) is 0 Å². The highest BCUT2D eigenvalue weighted by atomic mass is 79.9. The van der Waals surface area contributed by atoms with Gasteiger partial charge in [-0.25, -0.2) is 0 Å². The zero-order valence-electron chi connectivity index (χ0n) is 16.0. The van der Waals surface area contributed by atoms with E-state index in [0.29, 0.717) is 33.6 Å². The Morgan fingerprint density at radius 3 is 2.97 bits per heavy atom. The lowest BCUT2D eigenvalue weighted by Gasteiger charge is -2.19. The average Bonchev–Trinajstić information content (AvgIpc) is 2.93. The maximum Gasteiger partial charge on any atom is 0.247 e. The summed E-state index contributed by atoms with van der Waals surface area (Å²) in [5.41, 5.74) is 2.28. The summed E-state index contributed by atoms with van der Waals surface area (Å²) in [5.74, 6) is 1.04. The van der Waals surface area contributed by atoms with Crippen molar-refractivity contribution in [3.8, 4) is 22.9 Å². The van der Waals surface area contributed by atoms with Crippen molar-refractivity contribution in [1.82, 2.24) is 15.2 Å². The number of methoxy groups -OCH3 is 1. The Bertz CT molecular complexity index is 1130. The van der Waals surface area contributed by atoms with Crippen LogP contribution in [0.1, 0.15) is 10.4 Å². The Morgan fingerprint density at radius 1 is 1.33 bits per heavy atom. The topological polar surface area (TPSA) is 86.2 Å². The fraction of sp³-hybridized carbons (Fsp3) is 0.143. The lowest BCUT2D eigenvalue weighted by molar-refractivity contribution is 0.0820. The van der Waals surface area contributed by atoms with Crippen LogP contribution >= 0.6 is 27.7 Å². The number of ketones is 1. The van der Waals surface area contributed by atoms with Gasteiger partial charge in [-0.15, -0.1) is 16.8 Å². The molecule has 9 heteroatoms. The Kier molecular flexibility index (Phi) is 6.01. The molecule has 0 amide bonds. The van der Waals surface area contributed by atoms with Gasteiger partial charge in [0, 0.05) is 21.5 Å². The van der Waals surface area contributed by atoms with Gasteiger partial charge < -0.3 is 14.8 Å². The second kappa shape index (κ2) is 8.85. The third-order valence-corrected chi connectivity index (χ3v) is 5.66. The SMILES string of the molecule is C=CCSc1nnc2c(n1)OC(C(=O)c1ccccc1OC)Nc1ccc(Br)cc1-2. The number of hydrogen-bond acceptors (Lipinski definition) is 8. The molecule has 4 rings (SSSR count). The molecule has 0 aliphatic carbocycles. The monoisotopic (exact) mass is 484 g/mol. The summed E-state index contributed by atoms with van der Waals surface area (Å²) in [5, 5.41) is 12.1. The zero-order valence-corrected chi connectivity index (χ0v) is 18.4. The van der Waals surface area contributed by atoms with Crippen molar-refractivity contribution in [2.45, 2.75) is 11.4 Å². The first-order valence-electron chi connectivity index (χ1n) is 8.99. The number of fused-ring (bicyclic) bond motifs is 3. The molecule has 2 heterocycles. The summed E-state index contributed by atoms with van der Waals surface area (Å²) in [4.78, 5) is 17.8. The molecular formula is C21H17BrN4O3S. The van der Waals surface area contributed by atoms with E-state index < -0.39 is 6.23 Å². The minimum atomic E-state index is -1.02. The van der Waals surface area contributed by atoms with E-state index in [9.17, 15) is 4.79 Å². The number of nitrogens with one attached hydrogen (secondary N) is 1. The second-order valence-electron chi connectivity index (χ2n) is 6.24. The summed E-state index contributed by atoms with van der Waals surface area (Å²) in [6.07, 6.45) is 0.735. The molecule has 0 fully saturated rings. The number of thioether (sulfide) groups is 1. The van der Waals surface area contributed by atoms with Crippen LogP contribution < -0.4 is 14.8 Å². The van der Waals surface area contributed by atoms with E-state index in [4.69, 9.17) is 9.47 Å². The van der Waals surface area contributed by atoms with Gasteiger partial charge in [0.1, 0.15) is 5.75 Å². The molecule has 0 bridgehead atoms. The molecule has 3 aromatic rings. The molecule has 30 heavy (non-hydrogen) atoms. The summed E-state index contributed by atoms with van der Waals surface area (Å²) in [6, 6.07) is 12.6. The van der Waals surface area contributed by atoms with Gasteiger partial charge in [0.15, 0.2) is 5.69 Å². The number of carbonyl (C=O) groups is 1. The highest BCUT2D eigenvalue weighted by Crippen LogP contribution is 2.38. The second-order valence-corrected chi connectivity index (χ2v) is 8.15. The first-order chi connectivity index (χ1) is 14.6. The van der Waals surface area contributed by atoms with Crippen LogP contribution in [0.15, 0.2) is 64.7 Å². The maximum absolute atomic E-state index is 13.3. The largest absolute Gasteiger partial charge is 0.496 e. The number of ether oxygens (including phenoxy) is 2. The van der Waals surface area contributed by atoms with Crippen LogP contribution in [0.4, 0.5) is 5.69 Å². The lowest BCUT2D eigenvalue weighted by Crippen LogP contribution is -2.35. The molecule has 2 aromatic carbocycles. The van der Waals surface area contributed by atoms with Gasteiger partial charge in [-0.1, -0.05) is 45.9 Å². The molecule has 0 saturated carbocycles. The minimum absolute atomic E-state index is 0.231. The number of benzene rings is 2. The predicted molar refractivity (Wildman–Crippen MR) is 119 cm³/mol. The van der Waals surface area contributed by atoms with E-state index in [2.05, 4.69) is 43.0 Å². The number of para-hydroxylation sites is 1. The van der Waals surface area contributed by atoms with Crippen LogP contribution in [0.3, 0.4) is 0 Å². The number of nitrogens with zero attached hydrogens (tertiary/aromatic N) is 3. The van der Waals surface area contributed by atoms with Gasteiger partial charge in [-0.3, -0.25) is 4.79 Å². The first-order valence-corrected chi connectivity index (χ1v) is 10.8. The van der Waals surface area contributed by atoms with Crippen LogP contribution in [0.25, 0.3) is 11.3 Å². The molecule has 0 saturated heterocycles. The molecule has 1 aliphatic heterocycles. The average molecular weight is 485 g/mol. The highest BCUT2D eigenvalue weighted by molar-refractivity contribution is 9.10. The van der Waals surface area contributed by atoms with Crippen LogP contribution in [0.5, 0.6) is 11.6 Å². The van der Waals surface area contributed by atoms with E-state index in [1.807, 2.05) is 18.2 Å². The molecular weight excluding hydrogens is 468 g/mol. The molecule has 0 spiro atoms. The molecule has 152 valence electrons. The van der Waals surface area contributed by atoms with Crippen molar-refractivity contribution in [2.75, 3.05) is 18.2 Å². The van der Waals surface area contributed by atoms with Crippen LogP contribution in [0, 0.1) is 0 Å². The molecule has 0 radical (unpaired) electrons. The normalized spacial score (nSPS) is 14.4. The van der Waals surface area contributed by atoms with Crippen LogP contribution in [-0.2, 0) is 0 Å². The van der Waals surface area contributed by atoms with E-state index in [0.717, 1.165) is 10.0 Å². The third kappa shape index (κ3) is 4.03. The Labute approximate surface area is 186 Å².